The van der Waals surface area contributed by atoms with Crippen LogP contribution < -0.4 is 15.5 Å². The summed E-state index contributed by atoms with van der Waals surface area (Å²) in [4.78, 5) is 52.1. The normalized spacial score (nSPS) is 29.4. The van der Waals surface area contributed by atoms with Crippen molar-refractivity contribution in [1.82, 2.24) is 15.5 Å². The number of nitrogens with zero attached hydrogens (tertiary/aromatic N) is 2. The van der Waals surface area contributed by atoms with E-state index < -0.39 is 35.5 Å². The number of anilines is 1. The molecule has 3 atom stereocenters. The van der Waals surface area contributed by atoms with Crippen LogP contribution in [0.5, 0.6) is 0 Å². The first-order valence-corrected chi connectivity index (χ1v) is 9.50. The Hall–Kier alpha value is -2.81. The lowest BCUT2D eigenvalue weighted by molar-refractivity contribution is -0.136. The van der Waals surface area contributed by atoms with E-state index in [9.17, 15) is 23.6 Å². The number of benzene rings is 1. The summed E-state index contributed by atoms with van der Waals surface area (Å²) in [5, 5.41) is 5.49. The SMILES string of the molecule is O=C1CCC(N2C(=O)c3cc(N4C5CCC4CNC5)cc(F)c3C2=O)C(=O)N1. The maximum atomic E-state index is 14.9. The molecule has 1 aromatic carbocycles. The van der Waals surface area contributed by atoms with Crippen LogP contribution in [0.15, 0.2) is 12.1 Å². The molecule has 0 radical (unpaired) electrons. The van der Waals surface area contributed by atoms with Gasteiger partial charge in [-0.1, -0.05) is 0 Å². The van der Waals surface area contributed by atoms with Gasteiger partial charge in [0, 0.05) is 37.3 Å². The zero-order valence-corrected chi connectivity index (χ0v) is 15.0. The molecule has 0 aromatic heterocycles. The van der Waals surface area contributed by atoms with Gasteiger partial charge in [0.1, 0.15) is 11.9 Å². The van der Waals surface area contributed by atoms with Gasteiger partial charge in [0.25, 0.3) is 11.8 Å². The van der Waals surface area contributed by atoms with E-state index in [-0.39, 0.29) is 36.1 Å². The van der Waals surface area contributed by atoms with Crippen LogP contribution in [-0.2, 0) is 9.59 Å². The molecule has 28 heavy (non-hydrogen) atoms. The number of piperidine rings is 1. The highest BCUT2D eigenvalue weighted by Crippen LogP contribution is 2.37. The number of hydrogen-bond donors (Lipinski definition) is 2. The summed E-state index contributed by atoms with van der Waals surface area (Å²) in [6.07, 6.45) is 2.06. The first-order valence-electron chi connectivity index (χ1n) is 9.50. The predicted molar refractivity (Wildman–Crippen MR) is 95.2 cm³/mol. The quantitative estimate of drug-likeness (QED) is 0.703. The van der Waals surface area contributed by atoms with Crippen molar-refractivity contribution >= 4 is 29.3 Å². The largest absolute Gasteiger partial charge is 0.363 e. The standard InChI is InChI=1S/C19H19FN4O4/c20-13-6-11(23-9-1-2-10(23)8-21-7-9)5-12-16(13)19(28)24(18(12)27)14-3-4-15(25)22-17(14)26/h5-6,9-10,14,21H,1-4,7-8H2,(H,22,25,26). The molecule has 9 heteroatoms. The van der Waals surface area contributed by atoms with E-state index in [2.05, 4.69) is 15.5 Å². The van der Waals surface area contributed by atoms with E-state index in [1.54, 1.807) is 6.07 Å². The van der Waals surface area contributed by atoms with Crippen molar-refractivity contribution in [1.29, 1.82) is 0 Å². The average molecular weight is 386 g/mol. The predicted octanol–water partition coefficient (Wildman–Crippen LogP) is 0.168. The molecule has 3 fully saturated rings. The van der Waals surface area contributed by atoms with E-state index in [1.807, 2.05) is 0 Å². The van der Waals surface area contributed by atoms with Crippen LogP contribution in [0.1, 0.15) is 46.4 Å². The summed E-state index contributed by atoms with van der Waals surface area (Å²) in [6.45, 7) is 1.59. The molecule has 4 amide bonds. The first-order chi connectivity index (χ1) is 13.5. The minimum Gasteiger partial charge on any atom is -0.363 e. The fraction of sp³-hybridized carbons (Fsp3) is 0.474. The number of imide groups is 2. The highest BCUT2D eigenvalue weighted by Gasteiger charge is 2.47. The van der Waals surface area contributed by atoms with Crippen molar-refractivity contribution in [2.75, 3.05) is 18.0 Å². The third-order valence-electron chi connectivity index (χ3n) is 6.16. The maximum absolute atomic E-state index is 14.9. The van der Waals surface area contributed by atoms with Gasteiger partial charge < -0.3 is 10.2 Å². The number of nitrogens with one attached hydrogen (secondary N) is 2. The van der Waals surface area contributed by atoms with Gasteiger partial charge in [0.05, 0.1) is 11.1 Å². The Balaban J connectivity index is 1.51. The third kappa shape index (κ3) is 2.39. The van der Waals surface area contributed by atoms with Crippen LogP contribution >= 0.6 is 0 Å². The second kappa shape index (κ2) is 6.10. The van der Waals surface area contributed by atoms with E-state index in [1.165, 1.54) is 6.07 Å². The number of halogens is 1. The van der Waals surface area contributed by atoms with E-state index in [4.69, 9.17) is 0 Å². The zero-order chi connectivity index (χ0) is 19.6. The van der Waals surface area contributed by atoms with E-state index in [0.717, 1.165) is 30.8 Å². The highest BCUT2D eigenvalue weighted by molar-refractivity contribution is 6.24. The number of piperazine rings is 1. The number of hydrogen-bond acceptors (Lipinski definition) is 6. The molecule has 3 unspecified atom stereocenters. The summed E-state index contributed by atoms with van der Waals surface area (Å²) in [5.41, 5.74) is 0.292. The van der Waals surface area contributed by atoms with Crippen LogP contribution in [0.25, 0.3) is 0 Å². The number of fused-ring (bicyclic) bond motifs is 3. The van der Waals surface area contributed by atoms with Crippen LogP contribution in [-0.4, -0.2) is 59.7 Å². The molecule has 1 aromatic rings. The van der Waals surface area contributed by atoms with Crippen LogP contribution in [0.4, 0.5) is 10.1 Å². The van der Waals surface area contributed by atoms with Crippen molar-refractivity contribution in [2.45, 2.75) is 43.8 Å². The van der Waals surface area contributed by atoms with Gasteiger partial charge in [-0.25, -0.2) is 4.39 Å². The smallest absolute Gasteiger partial charge is 0.265 e. The van der Waals surface area contributed by atoms with Crippen molar-refractivity contribution in [3.05, 3.63) is 29.1 Å². The molecule has 4 heterocycles. The summed E-state index contributed by atoms with van der Waals surface area (Å²) in [5.74, 6) is -3.40. The fourth-order valence-corrected chi connectivity index (χ4v) is 4.88. The first kappa shape index (κ1) is 17.3. The number of carbonyl (C=O) groups excluding carboxylic acids is 4. The Morgan fingerprint density at radius 2 is 1.68 bits per heavy atom. The van der Waals surface area contributed by atoms with Gasteiger partial charge in [-0.3, -0.25) is 29.4 Å². The van der Waals surface area contributed by atoms with Crippen LogP contribution in [0, 0.1) is 5.82 Å². The Morgan fingerprint density at radius 1 is 0.964 bits per heavy atom. The lowest BCUT2D eigenvalue weighted by Gasteiger charge is -2.37. The van der Waals surface area contributed by atoms with Gasteiger partial charge in [-0.2, -0.15) is 0 Å². The zero-order valence-electron chi connectivity index (χ0n) is 15.0. The molecule has 4 aliphatic heterocycles. The van der Waals surface area contributed by atoms with Crippen molar-refractivity contribution in [3.8, 4) is 0 Å². The highest BCUT2D eigenvalue weighted by atomic mass is 19.1. The molecule has 0 saturated carbocycles. The lowest BCUT2D eigenvalue weighted by Crippen LogP contribution is -2.54. The van der Waals surface area contributed by atoms with Gasteiger partial charge in [-0.05, 0) is 31.4 Å². The molecular weight excluding hydrogens is 367 g/mol. The van der Waals surface area contributed by atoms with Gasteiger partial charge >= 0.3 is 0 Å². The Labute approximate surface area is 160 Å². The van der Waals surface area contributed by atoms with E-state index in [0.29, 0.717) is 5.69 Å². The van der Waals surface area contributed by atoms with Gasteiger partial charge in [-0.15, -0.1) is 0 Å². The number of rotatable bonds is 2. The Morgan fingerprint density at radius 3 is 2.36 bits per heavy atom. The third-order valence-corrected chi connectivity index (χ3v) is 6.16. The minimum atomic E-state index is -1.09. The number of carbonyl (C=O) groups is 4. The van der Waals surface area contributed by atoms with Crippen molar-refractivity contribution in [3.63, 3.8) is 0 Å². The summed E-state index contributed by atoms with van der Waals surface area (Å²) < 4.78 is 14.9. The summed E-state index contributed by atoms with van der Waals surface area (Å²) in [6, 6.07) is 2.25. The molecule has 4 aliphatic rings. The molecule has 8 nitrogen and oxygen atoms in total. The number of amides is 4. The second-order valence-corrected chi connectivity index (χ2v) is 7.75. The molecule has 146 valence electrons. The topological polar surface area (TPSA) is 98.8 Å². The molecule has 0 spiro atoms. The fourth-order valence-electron chi connectivity index (χ4n) is 4.88. The van der Waals surface area contributed by atoms with Gasteiger partial charge in [0.15, 0.2) is 0 Å². The summed E-state index contributed by atoms with van der Waals surface area (Å²) >= 11 is 0. The lowest BCUT2D eigenvalue weighted by atomic mass is 10.0. The molecule has 5 rings (SSSR count). The van der Waals surface area contributed by atoms with Crippen LogP contribution in [0.3, 0.4) is 0 Å². The molecular formula is C19H19FN4O4. The molecule has 2 bridgehead atoms. The summed E-state index contributed by atoms with van der Waals surface area (Å²) in [7, 11) is 0. The average Bonchev–Trinajstić information content (AvgIpc) is 3.05. The minimum absolute atomic E-state index is 0.0115. The second-order valence-electron chi connectivity index (χ2n) is 7.75. The van der Waals surface area contributed by atoms with Crippen molar-refractivity contribution < 1.29 is 23.6 Å². The van der Waals surface area contributed by atoms with Crippen molar-refractivity contribution in [2.24, 2.45) is 0 Å². The molecule has 3 saturated heterocycles. The molecule has 2 N–H and O–H groups in total. The van der Waals surface area contributed by atoms with Crippen LogP contribution in [0.2, 0.25) is 0 Å². The van der Waals surface area contributed by atoms with E-state index >= 15 is 0 Å². The maximum Gasteiger partial charge on any atom is 0.265 e. The van der Waals surface area contributed by atoms with Gasteiger partial charge in [0.2, 0.25) is 11.8 Å². The Kier molecular flexibility index (Phi) is 3.77. The molecule has 0 aliphatic carbocycles. The monoisotopic (exact) mass is 386 g/mol. The Bertz CT molecular complexity index is 917.